The van der Waals surface area contributed by atoms with Crippen LogP contribution in [-0.4, -0.2) is 27.1 Å². The third kappa shape index (κ3) is 4.97. The van der Waals surface area contributed by atoms with Gasteiger partial charge in [-0.25, -0.2) is 4.98 Å². The van der Waals surface area contributed by atoms with Crippen molar-refractivity contribution in [3.63, 3.8) is 0 Å². The van der Waals surface area contributed by atoms with Crippen LogP contribution < -0.4 is 10.6 Å². The number of thioether (sulfide) groups is 1. The number of amides is 2. The number of hydrogen-bond acceptors (Lipinski definition) is 5. The molecular weight excluding hydrogens is 412 g/mol. The summed E-state index contributed by atoms with van der Waals surface area (Å²) in [6.07, 6.45) is 3.53. The molecule has 31 heavy (non-hydrogen) atoms. The fraction of sp³-hybridized carbons (Fsp3) is 0.174. The van der Waals surface area contributed by atoms with Gasteiger partial charge in [0.1, 0.15) is 11.3 Å². The summed E-state index contributed by atoms with van der Waals surface area (Å²) in [6, 6.07) is 16.2. The molecule has 4 rings (SSSR count). The van der Waals surface area contributed by atoms with Crippen molar-refractivity contribution in [2.75, 3.05) is 11.1 Å². The van der Waals surface area contributed by atoms with Crippen molar-refractivity contribution >= 4 is 40.2 Å². The minimum Gasteiger partial charge on any atom is -0.459 e. The Morgan fingerprint density at radius 1 is 1.16 bits per heavy atom. The maximum absolute atomic E-state index is 12.6. The smallest absolute Gasteiger partial charge is 0.251 e. The molecule has 0 radical (unpaired) electrons. The van der Waals surface area contributed by atoms with Crippen molar-refractivity contribution in [2.24, 2.45) is 7.05 Å². The predicted molar refractivity (Wildman–Crippen MR) is 121 cm³/mol. The quantitative estimate of drug-likeness (QED) is 0.421. The lowest BCUT2D eigenvalue weighted by Gasteiger charge is -2.12. The van der Waals surface area contributed by atoms with Crippen molar-refractivity contribution in [2.45, 2.75) is 18.1 Å². The highest BCUT2D eigenvalue weighted by molar-refractivity contribution is 7.99. The van der Waals surface area contributed by atoms with Gasteiger partial charge in [0, 0.05) is 36.1 Å². The van der Waals surface area contributed by atoms with E-state index in [1.807, 2.05) is 55.1 Å². The lowest BCUT2D eigenvalue weighted by molar-refractivity contribution is -0.113. The van der Waals surface area contributed by atoms with Crippen LogP contribution in [0.25, 0.3) is 11.0 Å². The molecular formula is C23H22N4O3S. The molecule has 2 amide bonds. The maximum Gasteiger partial charge on any atom is 0.251 e. The summed E-state index contributed by atoms with van der Waals surface area (Å²) >= 11 is 1.36. The number of anilines is 1. The van der Waals surface area contributed by atoms with Crippen LogP contribution in [0.3, 0.4) is 0 Å². The molecule has 158 valence electrons. The molecule has 1 atom stereocenters. The summed E-state index contributed by atoms with van der Waals surface area (Å²) in [4.78, 5) is 28.9. The molecule has 0 aliphatic rings. The molecule has 0 saturated carbocycles. The van der Waals surface area contributed by atoms with Crippen LogP contribution >= 0.6 is 11.8 Å². The molecule has 0 aliphatic heterocycles. The minimum absolute atomic E-state index is 0.135. The molecule has 7 nitrogen and oxygen atoms in total. The Kier molecular flexibility index (Phi) is 6.08. The second-order valence-corrected chi connectivity index (χ2v) is 8.06. The van der Waals surface area contributed by atoms with Crippen molar-refractivity contribution < 1.29 is 14.0 Å². The molecule has 2 aromatic heterocycles. The van der Waals surface area contributed by atoms with Gasteiger partial charge in [-0.3, -0.25) is 9.59 Å². The van der Waals surface area contributed by atoms with E-state index in [4.69, 9.17) is 4.42 Å². The Morgan fingerprint density at radius 2 is 1.94 bits per heavy atom. The number of para-hydroxylation sites is 1. The zero-order valence-electron chi connectivity index (χ0n) is 17.2. The summed E-state index contributed by atoms with van der Waals surface area (Å²) in [7, 11) is 1.88. The van der Waals surface area contributed by atoms with E-state index in [2.05, 4.69) is 15.6 Å². The Bertz CT molecular complexity index is 1180. The van der Waals surface area contributed by atoms with Crippen molar-refractivity contribution in [1.82, 2.24) is 14.9 Å². The van der Waals surface area contributed by atoms with Crippen LogP contribution in [0.2, 0.25) is 0 Å². The molecule has 8 heteroatoms. The normalized spacial score (nSPS) is 11.9. The van der Waals surface area contributed by atoms with Gasteiger partial charge in [-0.15, -0.1) is 0 Å². The number of nitrogens with one attached hydrogen (secondary N) is 2. The van der Waals surface area contributed by atoms with Gasteiger partial charge in [-0.2, -0.15) is 0 Å². The summed E-state index contributed by atoms with van der Waals surface area (Å²) in [5.74, 6) is 0.603. The minimum atomic E-state index is -0.276. The summed E-state index contributed by atoms with van der Waals surface area (Å²) in [5, 5.41) is 7.55. The topological polar surface area (TPSA) is 89.2 Å². The van der Waals surface area contributed by atoms with E-state index in [9.17, 15) is 9.59 Å². The maximum atomic E-state index is 12.6. The number of carbonyl (C=O) groups is 2. The summed E-state index contributed by atoms with van der Waals surface area (Å²) in [6.45, 7) is 1.88. The van der Waals surface area contributed by atoms with E-state index in [1.54, 1.807) is 30.5 Å². The van der Waals surface area contributed by atoms with Crippen LogP contribution in [0, 0.1) is 0 Å². The van der Waals surface area contributed by atoms with Gasteiger partial charge in [0.2, 0.25) is 5.91 Å². The number of rotatable bonds is 7. The fourth-order valence-corrected chi connectivity index (χ4v) is 3.82. The molecule has 0 unspecified atom stereocenters. The first-order valence-corrected chi connectivity index (χ1v) is 10.8. The van der Waals surface area contributed by atoms with Crippen molar-refractivity contribution in [3.05, 3.63) is 78.3 Å². The van der Waals surface area contributed by atoms with Gasteiger partial charge < -0.3 is 19.6 Å². The average molecular weight is 435 g/mol. The third-order valence-corrected chi connectivity index (χ3v) is 5.82. The number of benzene rings is 2. The molecule has 0 fully saturated rings. The van der Waals surface area contributed by atoms with Crippen molar-refractivity contribution in [1.29, 1.82) is 0 Å². The average Bonchev–Trinajstić information content (AvgIpc) is 3.38. The first kappa shape index (κ1) is 20.7. The number of fused-ring (bicyclic) bond motifs is 1. The zero-order chi connectivity index (χ0) is 21.8. The van der Waals surface area contributed by atoms with Crippen LogP contribution in [0.1, 0.15) is 29.1 Å². The van der Waals surface area contributed by atoms with Gasteiger partial charge in [0.05, 0.1) is 11.8 Å². The number of imidazole rings is 1. The highest BCUT2D eigenvalue weighted by Gasteiger charge is 2.15. The summed E-state index contributed by atoms with van der Waals surface area (Å²) < 4.78 is 7.68. The monoisotopic (exact) mass is 434 g/mol. The van der Waals surface area contributed by atoms with Gasteiger partial charge in [0.25, 0.3) is 5.91 Å². The van der Waals surface area contributed by atoms with E-state index < -0.39 is 0 Å². The van der Waals surface area contributed by atoms with Crippen molar-refractivity contribution in [3.8, 4) is 0 Å². The van der Waals surface area contributed by atoms with Gasteiger partial charge in [-0.05, 0) is 43.3 Å². The molecule has 2 heterocycles. The zero-order valence-corrected chi connectivity index (χ0v) is 18.0. The number of aromatic nitrogens is 2. The fourth-order valence-electron chi connectivity index (χ4n) is 3.09. The molecule has 0 aliphatic carbocycles. The Labute approximate surface area is 183 Å². The van der Waals surface area contributed by atoms with Gasteiger partial charge in [0.15, 0.2) is 5.16 Å². The number of carbonyl (C=O) groups excluding carboxylic acids is 2. The number of nitrogens with zero attached hydrogens (tertiary/aromatic N) is 2. The predicted octanol–water partition coefficient (Wildman–Crippen LogP) is 4.39. The third-order valence-electron chi connectivity index (χ3n) is 4.76. The van der Waals surface area contributed by atoms with Crippen LogP contribution in [-0.2, 0) is 11.8 Å². The lowest BCUT2D eigenvalue weighted by Crippen LogP contribution is -2.26. The first-order chi connectivity index (χ1) is 15.0. The Morgan fingerprint density at radius 3 is 2.65 bits per heavy atom. The first-order valence-electron chi connectivity index (χ1n) is 9.79. The summed E-state index contributed by atoms with van der Waals surface area (Å²) in [5.41, 5.74) is 1.93. The SMILES string of the molecule is C[C@H](NC(=O)c1ccc(NC(=O)CSc2nccn2C)cc1)c1cc2ccccc2o1. The van der Waals surface area contributed by atoms with Crippen LogP contribution in [0.4, 0.5) is 5.69 Å². The second kappa shape index (κ2) is 9.09. The van der Waals surface area contributed by atoms with E-state index >= 15 is 0 Å². The van der Waals surface area contributed by atoms with Gasteiger partial charge >= 0.3 is 0 Å². The second-order valence-electron chi connectivity index (χ2n) is 7.12. The number of furan rings is 1. The molecule has 0 saturated heterocycles. The Hall–Kier alpha value is -3.52. The highest BCUT2D eigenvalue weighted by Crippen LogP contribution is 2.24. The van der Waals surface area contributed by atoms with Crippen LogP contribution in [0.15, 0.2) is 76.6 Å². The molecule has 0 spiro atoms. The number of aryl methyl sites for hydroxylation is 1. The standard InChI is InChI=1S/C23H22N4O3S/c1-15(20-13-17-5-3-4-6-19(17)30-20)25-22(29)16-7-9-18(10-8-16)26-21(28)14-31-23-24-11-12-27(23)2/h3-13,15H,14H2,1-2H3,(H,25,29)(H,26,28)/t15-/m0/s1. The van der Waals surface area contributed by atoms with E-state index in [1.165, 1.54) is 11.8 Å². The van der Waals surface area contributed by atoms with E-state index in [0.29, 0.717) is 17.0 Å². The lowest BCUT2D eigenvalue weighted by atomic mass is 10.1. The van der Waals surface area contributed by atoms with Gasteiger partial charge in [-0.1, -0.05) is 30.0 Å². The molecule has 4 aromatic rings. The molecule has 0 bridgehead atoms. The van der Waals surface area contributed by atoms with E-state index in [-0.39, 0.29) is 23.6 Å². The highest BCUT2D eigenvalue weighted by atomic mass is 32.2. The Balaban J connectivity index is 1.32. The number of hydrogen-bond donors (Lipinski definition) is 2. The van der Waals surface area contributed by atoms with E-state index in [0.717, 1.165) is 16.1 Å². The molecule has 2 N–H and O–H groups in total. The van der Waals surface area contributed by atoms with Crippen LogP contribution in [0.5, 0.6) is 0 Å². The molecule has 2 aromatic carbocycles. The largest absolute Gasteiger partial charge is 0.459 e.